The van der Waals surface area contributed by atoms with Gasteiger partial charge in [0.15, 0.2) is 16.3 Å². The number of rotatable bonds is 6. The Morgan fingerprint density at radius 3 is 2.56 bits per heavy atom. The van der Waals surface area contributed by atoms with E-state index in [1.807, 2.05) is 6.92 Å². The van der Waals surface area contributed by atoms with Crippen LogP contribution in [0.5, 0.6) is 0 Å². The molecule has 0 saturated carbocycles. The van der Waals surface area contributed by atoms with Crippen molar-refractivity contribution in [1.82, 2.24) is 19.1 Å². The maximum Gasteiger partial charge on any atom is 0.389 e. The van der Waals surface area contributed by atoms with Crippen molar-refractivity contribution in [3.05, 3.63) is 46.0 Å². The Bertz CT molecular complexity index is 998. The fraction of sp³-hybridized carbons (Fsp3) is 0.353. The minimum atomic E-state index is -4.20. The van der Waals surface area contributed by atoms with Crippen molar-refractivity contribution in [3.63, 3.8) is 0 Å². The summed E-state index contributed by atoms with van der Waals surface area (Å²) in [6.45, 7) is 2.47. The average molecular weight is 417 g/mol. The summed E-state index contributed by atoms with van der Waals surface area (Å²) < 4.78 is 40.3. The van der Waals surface area contributed by atoms with Crippen LogP contribution in [0, 0.1) is 0 Å². The Morgan fingerprint density at radius 2 is 1.93 bits per heavy atom. The van der Waals surface area contributed by atoms with E-state index in [9.17, 15) is 18.0 Å². The molecule has 0 atom stereocenters. The number of thioether (sulfide) groups is 1. The molecule has 144 valence electrons. The number of hydrogen-bond donors (Lipinski definition) is 0. The van der Waals surface area contributed by atoms with Gasteiger partial charge >= 0.3 is 6.18 Å². The predicted molar refractivity (Wildman–Crippen MR) is 99.8 cm³/mol. The molecule has 0 radical (unpaired) electrons. The number of imidazole rings is 1. The maximum atomic E-state index is 13.0. The third kappa shape index (κ3) is 4.47. The minimum Gasteiger partial charge on any atom is -0.315 e. The van der Waals surface area contributed by atoms with Gasteiger partial charge in [0.05, 0.1) is 12.0 Å². The molecule has 0 bridgehead atoms. The highest BCUT2D eigenvalue weighted by atomic mass is 35.5. The van der Waals surface area contributed by atoms with Gasteiger partial charge < -0.3 is 4.57 Å². The fourth-order valence-corrected chi connectivity index (χ4v) is 3.63. The maximum absolute atomic E-state index is 13.0. The topological polar surface area (TPSA) is 52.7 Å². The van der Waals surface area contributed by atoms with Gasteiger partial charge in [-0.3, -0.25) is 9.36 Å². The number of fused-ring (bicyclic) bond motifs is 1. The van der Waals surface area contributed by atoms with Gasteiger partial charge in [0, 0.05) is 23.7 Å². The lowest BCUT2D eigenvalue weighted by Gasteiger charge is -2.13. The van der Waals surface area contributed by atoms with Crippen molar-refractivity contribution in [2.24, 2.45) is 0 Å². The number of aryl methyl sites for hydroxylation is 1. The molecule has 0 aliphatic rings. The summed E-state index contributed by atoms with van der Waals surface area (Å²) in [4.78, 5) is 21.6. The minimum absolute atomic E-state index is 0.0598. The molecule has 0 aliphatic heterocycles. The van der Waals surface area contributed by atoms with E-state index in [1.54, 1.807) is 28.8 Å². The number of halogens is 4. The van der Waals surface area contributed by atoms with Gasteiger partial charge in [-0.2, -0.15) is 13.2 Å². The Morgan fingerprint density at radius 1 is 1.22 bits per heavy atom. The van der Waals surface area contributed by atoms with E-state index >= 15 is 0 Å². The highest BCUT2D eigenvalue weighted by Crippen LogP contribution is 2.26. The van der Waals surface area contributed by atoms with E-state index in [0.717, 1.165) is 11.8 Å². The lowest BCUT2D eigenvalue weighted by molar-refractivity contribution is -0.134. The van der Waals surface area contributed by atoms with Gasteiger partial charge in [-0.1, -0.05) is 23.4 Å². The first kappa shape index (κ1) is 19.8. The molecule has 0 unspecified atom stereocenters. The van der Waals surface area contributed by atoms with Gasteiger partial charge in [0.1, 0.15) is 0 Å². The Kier molecular flexibility index (Phi) is 5.81. The number of nitrogens with zero attached hydrogens (tertiary/aromatic N) is 4. The summed E-state index contributed by atoms with van der Waals surface area (Å²) in [6.07, 6.45) is -3.60. The van der Waals surface area contributed by atoms with Crippen LogP contribution in [0.15, 0.2) is 40.5 Å². The van der Waals surface area contributed by atoms with Crippen molar-refractivity contribution in [1.29, 1.82) is 0 Å². The first-order valence-electron chi connectivity index (χ1n) is 8.23. The van der Waals surface area contributed by atoms with Crippen LogP contribution in [0.1, 0.15) is 19.8 Å². The summed E-state index contributed by atoms with van der Waals surface area (Å²) in [5, 5.41) is 0.836. The molecule has 2 aromatic heterocycles. The van der Waals surface area contributed by atoms with E-state index in [4.69, 9.17) is 11.6 Å². The molecule has 10 heteroatoms. The number of alkyl halides is 3. The van der Waals surface area contributed by atoms with Crippen molar-refractivity contribution in [3.8, 4) is 5.69 Å². The first-order valence-corrected chi connectivity index (χ1v) is 9.60. The summed E-state index contributed by atoms with van der Waals surface area (Å²) in [5.74, 6) is 0.186. The molecule has 1 aromatic carbocycles. The smallest absolute Gasteiger partial charge is 0.315 e. The highest BCUT2D eigenvalue weighted by Gasteiger charge is 2.26. The molecular formula is C17H16ClF3N4OS. The highest BCUT2D eigenvalue weighted by molar-refractivity contribution is 7.99. The standard InChI is InChI=1S/C17H16ClF3N4OS/c1-2-24-10-22-13-14(24)23-16(27-9-3-8-17(19,20)21)25(15(13)26)12-6-4-11(18)5-7-12/h4-7,10H,2-3,8-9H2,1H3. The van der Waals surface area contributed by atoms with Crippen LogP contribution in [-0.4, -0.2) is 31.0 Å². The van der Waals surface area contributed by atoms with E-state index in [2.05, 4.69) is 9.97 Å². The van der Waals surface area contributed by atoms with E-state index in [1.165, 1.54) is 10.9 Å². The lowest BCUT2D eigenvalue weighted by atomic mass is 10.3. The Labute approximate surface area is 162 Å². The van der Waals surface area contributed by atoms with Crippen LogP contribution in [0.25, 0.3) is 16.9 Å². The van der Waals surface area contributed by atoms with Crippen molar-refractivity contribution in [2.45, 2.75) is 37.6 Å². The second kappa shape index (κ2) is 7.93. The fourth-order valence-electron chi connectivity index (χ4n) is 2.56. The summed E-state index contributed by atoms with van der Waals surface area (Å²) in [6, 6.07) is 6.59. The molecule has 0 aliphatic carbocycles. The van der Waals surface area contributed by atoms with Crippen LogP contribution in [-0.2, 0) is 6.54 Å². The Balaban J connectivity index is 2.03. The van der Waals surface area contributed by atoms with Gasteiger partial charge in [0.2, 0.25) is 0 Å². The SMILES string of the molecule is CCn1cnc2c(=O)n(-c3ccc(Cl)cc3)c(SCCCC(F)(F)F)nc21. The molecular weight excluding hydrogens is 401 g/mol. The molecule has 5 nitrogen and oxygen atoms in total. The predicted octanol–water partition coefficient (Wildman–Crippen LogP) is 4.69. The van der Waals surface area contributed by atoms with Crippen LogP contribution in [0.2, 0.25) is 5.02 Å². The van der Waals surface area contributed by atoms with Crippen molar-refractivity contribution in [2.75, 3.05) is 5.75 Å². The second-order valence-electron chi connectivity index (χ2n) is 5.78. The average Bonchev–Trinajstić information content (AvgIpc) is 3.02. The molecule has 0 fully saturated rings. The van der Waals surface area contributed by atoms with Gasteiger partial charge in [0.25, 0.3) is 5.56 Å². The Hall–Kier alpha value is -2.00. The molecule has 0 saturated heterocycles. The zero-order chi connectivity index (χ0) is 19.6. The molecule has 0 amide bonds. The number of benzene rings is 1. The van der Waals surface area contributed by atoms with Crippen molar-refractivity contribution < 1.29 is 13.2 Å². The quantitative estimate of drug-likeness (QED) is 0.332. The van der Waals surface area contributed by atoms with Crippen LogP contribution >= 0.6 is 23.4 Å². The monoisotopic (exact) mass is 416 g/mol. The molecule has 3 aromatic rings. The van der Waals surface area contributed by atoms with Gasteiger partial charge in [-0.15, -0.1) is 0 Å². The summed E-state index contributed by atoms with van der Waals surface area (Å²) >= 11 is 7.03. The van der Waals surface area contributed by atoms with E-state index < -0.39 is 12.6 Å². The normalized spacial score (nSPS) is 12.0. The van der Waals surface area contributed by atoms with E-state index in [0.29, 0.717) is 28.1 Å². The molecule has 3 rings (SSSR count). The molecule has 2 heterocycles. The number of hydrogen-bond acceptors (Lipinski definition) is 4. The molecule has 27 heavy (non-hydrogen) atoms. The zero-order valence-corrected chi connectivity index (χ0v) is 15.9. The van der Waals surface area contributed by atoms with Gasteiger partial charge in [-0.05, 0) is 37.6 Å². The summed E-state index contributed by atoms with van der Waals surface area (Å²) in [7, 11) is 0. The largest absolute Gasteiger partial charge is 0.389 e. The van der Waals surface area contributed by atoms with Crippen LogP contribution in [0.3, 0.4) is 0 Å². The third-order valence-electron chi connectivity index (χ3n) is 3.87. The van der Waals surface area contributed by atoms with Crippen LogP contribution < -0.4 is 5.56 Å². The second-order valence-corrected chi connectivity index (χ2v) is 7.28. The molecule has 0 N–H and O–H groups in total. The lowest BCUT2D eigenvalue weighted by Crippen LogP contribution is -2.22. The van der Waals surface area contributed by atoms with E-state index in [-0.39, 0.29) is 23.2 Å². The third-order valence-corrected chi connectivity index (χ3v) is 5.15. The summed E-state index contributed by atoms with van der Waals surface area (Å²) in [5.41, 5.74) is 0.800. The molecule has 0 spiro atoms. The number of aromatic nitrogens is 4. The first-order chi connectivity index (χ1) is 12.8. The van der Waals surface area contributed by atoms with Crippen LogP contribution in [0.4, 0.5) is 13.2 Å². The zero-order valence-electron chi connectivity index (χ0n) is 14.3. The van der Waals surface area contributed by atoms with Gasteiger partial charge in [-0.25, -0.2) is 9.97 Å². The van der Waals surface area contributed by atoms with Crippen molar-refractivity contribution >= 4 is 34.5 Å².